The molecule has 3 aromatic rings. The Kier molecular flexibility index (Phi) is 16.9. The Morgan fingerprint density at radius 3 is 2.38 bits per heavy atom. The van der Waals surface area contributed by atoms with Crippen molar-refractivity contribution in [2.75, 3.05) is 26.1 Å². The molecule has 322 valence electrons. The molecule has 3 unspecified atom stereocenters. The lowest BCUT2D eigenvalue weighted by Gasteiger charge is -2.30. The van der Waals surface area contributed by atoms with E-state index in [2.05, 4.69) is 70.5 Å². The molecule has 3 aliphatic rings. The number of anilines is 1. The molecule has 2 aromatic heterocycles. The zero-order valence-corrected chi connectivity index (χ0v) is 39.8. The number of alkyl carbamates (subject to hydrolysis) is 1. The third kappa shape index (κ3) is 12.5. The van der Waals surface area contributed by atoms with Gasteiger partial charge in [-0.2, -0.15) is 5.10 Å². The van der Waals surface area contributed by atoms with Gasteiger partial charge < -0.3 is 24.8 Å². The van der Waals surface area contributed by atoms with E-state index < -0.39 is 8.07 Å². The molecule has 1 aromatic carbocycles. The summed E-state index contributed by atoms with van der Waals surface area (Å²) >= 11 is 2.47. The van der Waals surface area contributed by atoms with E-state index in [0.29, 0.717) is 19.1 Å². The van der Waals surface area contributed by atoms with Crippen molar-refractivity contribution in [2.24, 2.45) is 17.8 Å². The van der Waals surface area contributed by atoms with Crippen LogP contribution in [0.4, 0.5) is 10.6 Å². The normalized spacial score (nSPS) is 23.4. The minimum absolute atomic E-state index is 0.0618. The van der Waals surface area contributed by atoms with Gasteiger partial charge in [0.1, 0.15) is 17.3 Å². The molecule has 3 fully saturated rings. The third-order valence-electron chi connectivity index (χ3n) is 13.7. The van der Waals surface area contributed by atoms with Crippen LogP contribution in [0.5, 0.6) is 11.5 Å². The predicted molar refractivity (Wildman–Crippen MR) is 249 cm³/mol. The van der Waals surface area contributed by atoms with Crippen molar-refractivity contribution in [1.29, 1.82) is 0 Å². The van der Waals surface area contributed by atoms with Gasteiger partial charge in [0.15, 0.2) is 0 Å². The first-order chi connectivity index (χ1) is 28.0. The van der Waals surface area contributed by atoms with Crippen molar-refractivity contribution in [1.82, 2.24) is 20.1 Å². The van der Waals surface area contributed by atoms with Crippen molar-refractivity contribution >= 4 is 53.5 Å². The number of nitrogens with one attached hydrogen (secondary N) is 2. The van der Waals surface area contributed by atoms with E-state index in [0.717, 1.165) is 88.8 Å². The number of halogens is 1. The standard InChI is InChI=1S/C47H74IN5O4Si/c1-33(28-34-16-10-8-7-9-11-17-34)35-18-12-13-19-36(21-14-20-35)44-43-45(41(48)32-50-46(43)49-31-37-24-25-40(55-2)30-42(37)56-3)53(52-44)39-23-15-22-38(29-39)51-47(54)57-26-27-58(4,5)6/h24-25,30,32-36,38-39H,7-23,26-29,31H2,1-6H3,(H,49,50)(H,51,54)/t33?,35?,36?,38-,39-/m1/s1. The summed E-state index contributed by atoms with van der Waals surface area (Å²) in [6.45, 7) is 10.6. The number of aromatic nitrogens is 3. The molecule has 0 radical (unpaired) electrons. The number of carbonyl (C=O) groups excluding carboxylic acids is 1. The summed E-state index contributed by atoms with van der Waals surface area (Å²) in [7, 11) is 2.11. The van der Waals surface area contributed by atoms with Crippen LogP contribution >= 0.6 is 22.6 Å². The largest absolute Gasteiger partial charge is 0.497 e. The van der Waals surface area contributed by atoms with Crippen LogP contribution in [-0.2, 0) is 11.3 Å². The summed E-state index contributed by atoms with van der Waals surface area (Å²) < 4.78 is 20.4. The molecule has 2 heterocycles. The van der Waals surface area contributed by atoms with Crippen molar-refractivity contribution in [3.63, 3.8) is 0 Å². The maximum atomic E-state index is 12.9. The van der Waals surface area contributed by atoms with Crippen LogP contribution < -0.4 is 20.1 Å². The second-order valence-electron chi connectivity index (χ2n) is 19.2. The number of methoxy groups -OCH3 is 2. The number of pyridine rings is 1. The molecular weight excluding hydrogens is 854 g/mol. The molecule has 0 aliphatic heterocycles. The van der Waals surface area contributed by atoms with Crippen molar-refractivity contribution in [3.8, 4) is 11.5 Å². The van der Waals surface area contributed by atoms with E-state index in [9.17, 15) is 4.79 Å². The molecule has 58 heavy (non-hydrogen) atoms. The van der Waals surface area contributed by atoms with Crippen LogP contribution in [0.15, 0.2) is 24.4 Å². The molecule has 1 amide bonds. The molecule has 6 rings (SSSR count). The van der Waals surface area contributed by atoms with Crippen LogP contribution in [-0.4, -0.2) is 55.8 Å². The van der Waals surface area contributed by atoms with E-state index in [1.54, 1.807) is 14.2 Å². The SMILES string of the molecule is COc1ccc(CNc2ncc(I)c3c2c(C2CCCCC(C(C)CC4CCCCCCC4)CCC2)nn3[C@@H]2CCC[C@@H](NC(=O)OCC[Si](C)(C)C)C2)c(OC)c1. The molecule has 0 bridgehead atoms. The van der Waals surface area contributed by atoms with Crippen molar-refractivity contribution < 1.29 is 19.0 Å². The molecule has 5 atom stereocenters. The number of fused-ring (bicyclic) bond motifs is 1. The lowest BCUT2D eigenvalue weighted by molar-refractivity contribution is 0.141. The molecule has 2 N–H and O–H groups in total. The van der Waals surface area contributed by atoms with Gasteiger partial charge in [0.2, 0.25) is 0 Å². The van der Waals surface area contributed by atoms with Gasteiger partial charge in [-0.3, -0.25) is 4.68 Å². The molecule has 3 saturated carbocycles. The van der Waals surface area contributed by atoms with Crippen molar-refractivity contribution in [2.45, 2.75) is 179 Å². The van der Waals surface area contributed by atoms with Crippen LogP contribution in [0.25, 0.3) is 10.9 Å². The highest BCUT2D eigenvalue weighted by atomic mass is 127. The first-order valence-electron chi connectivity index (χ1n) is 23.0. The van der Waals surface area contributed by atoms with E-state index in [1.807, 2.05) is 18.3 Å². The van der Waals surface area contributed by atoms with Crippen LogP contribution in [0.3, 0.4) is 0 Å². The number of hydrogen-bond donors (Lipinski definition) is 2. The Bertz CT molecular complexity index is 1750. The highest BCUT2D eigenvalue weighted by Gasteiger charge is 2.32. The number of carbonyl (C=O) groups is 1. The number of amides is 1. The zero-order valence-electron chi connectivity index (χ0n) is 36.7. The van der Waals surface area contributed by atoms with Crippen LogP contribution in [0.2, 0.25) is 25.7 Å². The van der Waals surface area contributed by atoms with Crippen LogP contribution in [0, 0.1) is 21.3 Å². The Balaban J connectivity index is 1.25. The summed E-state index contributed by atoms with van der Waals surface area (Å²) in [5.41, 5.74) is 3.42. The maximum absolute atomic E-state index is 12.9. The molecule has 11 heteroatoms. The number of nitrogens with zero attached hydrogens (tertiary/aromatic N) is 3. The molecule has 0 spiro atoms. The van der Waals surface area contributed by atoms with E-state index in [4.69, 9.17) is 24.3 Å². The first-order valence-corrected chi connectivity index (χ1v) is 27.8. The van der Waals surface area contributed by atoms with Gasteiger partial charge in [-0.1, -0.05) is 104 Å². The Hall–Kier alpha value is -2.54. The number of hydrogen-bond acceptors (Lipinski definition) is 7. The maximum Gasteiger partial charge on any atom is 0.407 e. The molecule has 9 nitrogen and oxygen atoms in total. The average Bonchev–Trinajstić information content (AvgIpc) is 3.64. The van der Waals surface area contributed by atoms with Gasteiger partial charge in [0.05, 0.1) is 47.0 Å². The highest BCUT2D eigenvalue weighted by Crippen LogP contribution is 2.43. The molecule has 3 aliphatic carbocycles. The molecular formula is C47H74IN5O4Si. The first kappa shape index (κ1) is 45.0. The quantitative estimate of drug-likeness (QED) is 0.123. The van der Waals surface area contributed by atoms with E-state index in [1.165, 1.54) is 100 Å². The molecule has 0 saturated heterocycles. The third-order valence-corrected chi connectivity index (χ3v) is 16.2. The summed E-state index contributed by atoms with van der Waals surface area (Å²) in [5, 5.41) is 13.8. The summed E-state index contributed by atoms with van der Waals surface area (Å²) in [4.78, 5) is 18.0. The second-order valence-corrected chi connectivity index (χ2v) is 26.0. The van der Waals surface area contributed by atoms with Gasteiger partial charge >= 0.3 is 6.09 Å². The Morgan fingerprint density at radius 1 is 0.914 bits per heavy atom. The minimum atomic E-state index is -1.28. The van der Waals surface area contributed by atoms with Gasteiger partial charge in [0.25, 0.3) is 0 Å². The fraction of sp³-hybridized carbons (Fsp3) is 0.723. The fourth-order valence-electron chi connectivity index (χ4n) is 10.2. The number of benzene rings is 1. The smallest absolute Gasteiger partial charge is 0.407 e. The average molecular weight is 928 g/mol. The summed E-state index contributed by atoms with van der Waals surface area (Å²) in [5.74, 6) is 5.39. The fourth-order valence-corrected chi connectivity index (χ4v) is 11.6. The van der Waals surface area contributed by atoms with Gasteiger partial charge in [-0.25, -0.2) is 9.78 Å². The van der Waals surface area contributed by atoms with E-state index >= 15 is 0 Å². The lowest BCUT2D eigenvalue weighted by Crippen LogP contribution is -2.39. The number of ether oxygens (including phenoxy) is 3. The summed E-state index contributed by atoms with van der Waals surface area (Å²) in [6.07, 6.45) is 25.9. The van der Waals surface area contributed by atoms with Crippen molar-refractivity contribution in [3.05, 3.63) is 39.2 Å². The minimum Gasteiger partial charge on any atom is -0.497 e. The van der Waals surface area contributed by atoms with Gasteiger partial charge in [-0.05, 0) is 103 Å². The zero-order chi connectivity index (χ0) is 41.1. The highest BCUT2D eigenvalue weighted by molar-refractivity contribution is 14.1. The lowest BCUT2D eigenvalue weighted by atomic mass is 9.77. The predicted octanol–water partition coefficient (Wildman–Crippen LogP) is 13.0. The van der Waals surface area contributed by atoms with Gasteiger partial charge in [0, 0.05) is 44.4 Å². The monoisotopic (exact) mass is 927 g/mol. The van der Waals surface area contributed by atoms with Gasteiger partial charge in [-0.15, -0.1) is 0 Å². The van der Waals surface area contributed by atoms with Crippen LogP contribution in [0.1, 0.15) is 152 Å². The van der Waals surface area contributed by atoms with E-state index in [-0.39, 0.29) is 18.2 Å². The topological polar surface area (TPSA) is 99.5 Å². The number of rotatable bonds is 14. The Labute approximate surface area is 364 Å². The summed E-state index contributed by atoms with van der Waals surface area (Å²) in [6, 6.07) is 7.21. The second kappa shape index (κ2) is 21.8. The Morgan fingerprint density at radius 2 is 1.62 bits per heavy atom.